The van der Waals surface area contributed by atoms with Crippen LogP contribution >= 0.6 is 11.6 Å². The van der Waals surface area contributed by atoms with Gasteiger partial charge in [0.25, 0.3) is 12.0 Å². The molecule has 1 aromatic heterocycles. The van der Waals surface area contributed by atoms with Gasteiger partial charge in [-0.15, -0.1) is 11.6 Å². The van der Waals surface area contributed by atoms with E-state index < -0.39 is 17.5 Å². The van der Waals surface area contributed by atoms with Crippen molar-refractivity contribution in [3.63, 3.8) is 0 Å². The Morgan fingerprint density at radius 3 is 2.73 bits per heavy atom. The number of nitrogens with one attached hydrogen (secondary N) is 1. The number of rotatable bonds is 3. The summed E-state index contributed by atoms with van der Waals surface area (Å²) in [6, 6.07) is 2.85. The summed E-state index contributed by atoms with van der Waals surface area (Å²) < 4.78 is 24.7. The molecule has 0 bridgehead atoms. The molecule has 0 radical (unpaired) electrons. The van der Waals surface area contributed by atoms with Crippen LogP contribution in [0.3, 0.4) is 0 Å². The molecule has 1 heterocycles. The van der Waals surface area contributed by atoms with Crippen LogP contribution < -0.4 is 5.56 Å². The topological polar surface area (TPSA) is 56.6 Å². The van der Waals surface area contributed by atoms with Gasteiger partial charge < -0.3 is 4.98 Å². The van der Waals surface area contributed by atoms with Crippen LogP contribution in [0.5, 0.6) is 0 Å². The van der Waals surface area contributed by atoms with E-state index in [4.69, 9.17) is 16.9 Å². The zero-order valence-corrected chi connectivity index (χ0v) is 8.31. The van der Waals surface area contributed by atoms with Crippen molar-refractivity contribution >= 4 is 11.6 Å². The van der Waals surface area contributed by atoms with E-state index >= 15 is 0 Å². The third-order valence-corrected chi connectivity index (χ3v) is 2.15. The molecule has 0 aliphatic rings. The maximum atomic E-state index is 12.3. The quantitative estimate of drug-likeness (QED) is 0.812. The van der Waals surface area contributed by atoms with Gasteiger partial charge in [0, 0.05) is 5.69 Å². The van der Waals surface area contributed by atoms with E-state index in [0.717, 1.165) is 6.07 Å². The van der Waals surface area contributed by atoms with Crippen LogP contribution in [-0.4, -0.2) is 4.98 Å². The first kappa shape index (κ1) is 11.7. The summed E-state index contributed by atoms with van der Waals surface area (Å²) in [5, 5.41) is 8.47. The van der Waals surface area contributed by atoms with Crippen molar-refractivity contribution in [1.82, 2.24) is 4.98 Å². The Morgan fingerprint density at radius 2 is 2.27 bits per heavy atom. The van der Waals surface area contributed by atoms with Crippen molar-refractivity contribution < 1.29 is 8.78 Å². The minimum absolute atomic E-state index is 0.0181. The summed E-state index contributed by atoms with van der Waals surface area (Å²) in [5.41, 5.74) is -0.841. The molecular formula is C9H7ClF2N2O. The number of alkyl halides is 3. The lowest BCUT2D eigenvalue weighted by atomic mass is 10.1. The first-order valence-corrected chi connectivity index (χ1v) is 4.59. The number of hydrogen-bond donors (Lipinski definition) is 1. The van der Waals surface area contributed by atoms with Crippen LogP contribution in [0.25, 0.3) is 0 Å². The van der Waals surface area contributed by atoms with Gasteiger partial charge in [-0.25, -0.2) is 8.78 Å². The Bertz CT molecular complexity index is 450. The van der Waals surface area contributed by atoms with Gasteiger partial charge in [-0.2, -0.15) is 5.26 Å². The maximum absolute atomic E-state index is 12.3. The summed E-state index contributed by atoms with van der Waals surface area (Å²) in [6.07, 6.45) is -2.91. The van der Waals surface area contributed by atoms with Gasteiger partial charge >= 0.3 is 0 Å². The summed E-state index contributed by atoms with van der Waals surface area (Å²) in [6.45, 7) is 0. The third-order valence-electron chi connectivity index (χ3n) is 1.88. The lowest BCUT2D eigenvalue weighted by Gasteiger charge is -2.06. The van der Waals surface area contributed by atoms with Crippen molar-refractivity contribution in [3.05, 3.63) is 33.2 Å². The van der Waals surface area contributed by atoms with E-state index in [-0.39, 0.29) is 12.3 Å². The van der Waals surface area contributed by atoms with E-state index in [9.17, 15) is 13.6 Å². The second-order valence-corrected chi connectivity index (χ2v) is 3.09. The molecule has 1 N–H and O–H groups in total. The van der Waals surface area contributed by atoms with Crippen molar-refractivity contribution in [3.8, 4) is 6.07 Å². The first-order valence-electron chi connectivity index (χ1n) is 4.06. The molecule has 0 saturated heterocycles. The average Bonchev–Trinajstić information content (AvgIpc) is 2.20. The molecule has 1 rings (SSSR count). The normalized spacial score (nSPS) is 10.3. The molecule has 80 valence electrons. The number of hydrogen-bond acceptors (Lipinski definition) is 2. The van der Waals surface area contributed by atoms with E-state index in [1.807, 2.05) is 6.07 Å². The molecule has 3 nitrogen and oxygen atoms in total. The molecule has 15 heavy (non-hydrogen) atoms. The number of H-pyrrole nitrogens is 1. The number of nitriles is 1. The van der Waals surface area contributed by atoms with E-state index in [1.54, 1.807) is 0 Å². The fraction of sp³-hybridized carbons (Fsp3) is 0.333. The molecule has 0 aliphatic heterocycles. The molecule has 0 aliphatic carbocycles. The zero-order valence-electron chi connectivity index (χ0n) is 7.56. The van der Waals surface area contributed by atoms with Crippen LogP contribution in [0.4, 0.5) is 8.78 Å². The summed E-state index contributed by atoms with van der Waals surface area (Å²) in [4.78, 5) is 13.4. The molecule has 0 spiro atoms. The number of halogens is 3. The van der Waals surface area contributed by atoms with Gasteiger partial charge in [-0.05, 0) is 11.6 Å². The smallest absolute Gasteiger partial charge is 0.269 e. The van der Waals surface area contributed by atoms with Gasteiger partial charge in [0.1, 0.15) is 0 Å². The molecule has 6 heteroatoms. The van der Waals surface area contributed by atoms with Crippen LogP contribution in [0, 0.1) is 11.3 Å². The molecule has 1 aromatic rings. The highest BCUT2D eigenvalue weighted by Gasteiger charge is 2.15. The monoisotopic (exact) mass is 232 g/mol. The largest absolute Gasteiger partial charge is 0.324 e. The highest BCUT2D eigenvalue weighted by Crippen LogP contribution is 2.18. The highest BCUT2D eigenvalue weighted by atomic mass is 35.5. The molecule has 0 saturated carbocycles. The van der Waals surface area contributed by atoms with Crippen molar-refractivity contribution in [2.45, 2.75) is 18.7 Å². The second-order valence-electron chi connectivity index (χ2n) is 2.83. The van der Waals surface area contributed by atoms with Crippen LogP contribution in [0.2, 0.25) is 0 Å². The minimum Gasteiger partial charge on any atom is -0.324 e. The average molecular weight is 233 g/mol. The Labute approximate surface area is 89.3 Å². The van der Waals surface area contributed by atoms with Crippen LogP contribution in [-0.2, 0) is 12.3 Å². The van der Waals surface area contributed by atoms with Gasteiger partial charge in [-0.3, -0.25) is 4.79 Å². The summed E-state index contributed by atoms with van der Waals surface area (Å²) in [7, 11) is 0. The van der Waals surface area contributed by atoms with E-state index in [2.05, 4.69) is 4.98 Å². The number of aromatic nitrogens is 1. The predicted molar refractivity (Wildman–Crippen MR) is 50.9 cm³/mol. The zero-order chi connectivity index (χ0) is 11.4. The minimum atomic E-state index is -2.85. The number of nitrogens with zero attached hydrogens (tertiary/aromatic N) is 1. The van der Waals surface area contributed by atoms with Gasteiger partial charge in [0.05, 0.1) is 23.9 Å². The summed E-state index contributed by atoms with van der Waals surface area (Å²) >= 11 is 5.50. The molecule has 0 aromatic carbocycles. The van der Waals surface area contributed by atoms with Crippen molar-refractivity contribution in [1.29, 1.82) is 5.26 Å². The summed E-state index contributed by atoms with van der Waals surface area (Å²) in [5.74, 6) is -0.0181. The molecule has 0 fully saturated rings. The molecular weight excluding hydrogens is 226 g/mol. The maximum Gasteiger partial charge on any atom is 0.269 e. The molecule has 0 atom stereocenters. The Morgan fingerprint density at radius 1 is 1.60 bits per heavy atom. The molecule has 0 unspecified atom stereocenters. The number of pyridine rings is 1. The Kier molecular flexibility index (Phi) is 3.81. The van der Waals surface area contributed by atoms with Gasteiger partial charge in [0.2, 0.25) is 0 Å². The fourth-order valence-corrected chi connectivity index (χ4v) is 1.39. The predicted octanol–water partition coefficient (Wildman–Crippen LogP) is 2.12. The van der Waals surface area contributed by atoms with Gasteiger partial charge in [-0.1, -0.05) is 0 Å². The third kappa shape index (κ3) is 2.54. The van der Waals surface area contributed by atoms with E-state index in [0.29, 0.717) is 11.3 Å². The first-order chi connectivity index (χ1) is 7.10. The van der Waals surface area contributed by atoms with Crippen molar-refractivity contribution in [2.75, 3.05) is 0 Å². The van der Waals surface area contributed by atoms with Crippen molar-refractivity contribution in [2.24, 2.45) is 0 Å². The van der Waals surface area contributed by atoms with Crippen LogP contribution in [0.15, 0.2) is 10.9 Å². The number of aromatic amines is 1. The van der Waals surface area contributed by atoms with E-state index in [1.165, 1.54) is 0 Å². The fourth-order valence-electron chi connectivity index (χ4n) is 1.15. The second kappa shape index (κ2) is 4.89. The van der Waals surface area contributed by atoms with Gasteiger partial charge in [0.15, 0.2) is 0 Å². The lowest BCUT2D eigenvalue weighted by molar-refractivity contribution is 0.149. The highest BCUT2D eigenvalue weighted by molar-refractivity contribution is 6.17. The van der Waals surface area contributed by atoms with Crippen LogP contribution in [0.1, 0.15) is 23.2 Å². The lowest BCUT2D eigenvalue weighted by Crippen LogP contribution is -2.16. The Balaban J connectivity index is 3.31. The standard InChI is InChI=1S/C9H7ClF2N2O/c10-4-7-5(1-2-13)3-6(8(11)12)9(15)14-7/h3,8H,1,4H2,(H,14,15). The SMILES string of the molecule is N#CCc1cc(C(F)F)c(=O)[nH]c1CCl. The Hall–Kier alpha value is -1.41. The molecule has 0 amide bonds.